The fourth-order valence-corrected chi connectivity index (χ4v) is 6.98. The van der Waals surface area contributed by atoms with Gasteiger partial charge in [-0.2, -0.15) is 0 Å². The van der Waals surface area contributed by atoms with Crippen LogP contribution in [0.4, 0.5) is 10.5 Å². The molecule has 1 heterocycles. The van der Waals surface area contributed by atoms with E-state index >= 15 is 0 Å². The Labute approximate surface area is 153 Å². The molecule has 0 unspecified atom stereocenters. The predicted molar refractivity (Wildman–Crippen MR) is 102 cm³/mol. The van der Waals surface area contributed by atoms with Crippen molar-refractivity contribution in [2.45, 2.75) is 45.2 Å². The van der Waals surface area contributed by atoms with E-state index in [0.717, 1.165) is 0 Å². The van der Waals surface area contributed by atoms with Gasteiger partial charge in [-0.25, -0.2) is 0 Å². The molecule has 0 aliphatic carbocycles. The van der Waals surface area contributed by atoms with Crippen LogP contribution in [0, 0.1) is 10.1 Å². The number of hydrogen-bond donors (Lipinski definition) is 2. The maximum absolute atomic E-state index is 11.7. The molecule has 9 heteroatoms. The van der Waals surface area contributed by atoms with Crippen LogP contribution in [0.2, 0.25) is 0 Å². The van der Waals surface area contributed by atoms with Gasteiger partial charge in [0.2, 0.25) is 0 Å². The summed E-state index contributed by atoms with van der Waals surface area (Å²) in [6.07, 6.45) is 1.22. The average molecular weight is 386 g/mol. The molecule has 8 nitrogen and oxygen atoms in total. The molecule has 146 valence electrons. The summed E-state index contributed by atoms with van der Waals surface area (Å²) in [6.45, 7) is 5.58. The van der Waals surface area contributed by atoms with Gasteiger partial charge in [-0.3, -0.25) is 0 Å². The van der Waals surface area contributed by atoms with Crippen LogP contribution in [0.5, 0.6) is 5.75 Å². The van der Waals surface area contributed by atoms with Gasteiger partial charge in [0.25, 0.3) is 0 Å². The van der Waals surface area contributed by atoms with E-state index in [9.17, 15) is 24.9 Å². The molecule has 1 amide bonds. The first-order valence-electron chi connectivity index (χ1n) is 8.57. The molecule has 26 heavy (non-hydrogen) atoms. The van der Waals surface area contributed by atoms with Crippen LogP contribution in [-0.4, -0.2) is 56.9 Å². The zero-order valence-corrected chi connectivity index (χ0v) is 16.6. The van der Waals surface area contributed by atoms with E-state index in [0.29, 0.717) is 30.5 Å². The Balaban J connectivity index is 2.22. The van der Waals surface area contributed by atoms with E-state index in [2.05, 4.69) is 0 Å². The number of benzene rings is 1. The van der Waals surface area contributed by atoms with Gasteiger partial charge < -0.3 is 0 Å². The van der Waals surface area contributed by atoms with E-state index < -0.39 is 24.0 Å². The molecule has 0 saturated carbocycles. The van der Waals surface area contributed by atoms with Crippen molar-refractivity contribution in [3.05, 3.63) is 28.3 Å². The second kappa shape index (κ2) is 7.37. The molecule has 0 radical (unpaired) electrons. The third-order valence-electron chi connectivity index (χ3n) is 4.99. The Kier molecular flexibility index (Phi) is 5.78. The standard InChI is InChI=1S/C17H27N2O6P/c1-17(2,3)18(16(20)21)12-7-9-26(24,10-8-12)13-5-6-14(19(22)23)15(11-13)25-4/h5-6,11-12,24,26H,7-10H2,1-4H3,(H,20,21). The van der Waals surface area contributed by atoms with E-state index in [4.69, 9.17) is 4.74 Å². The van der Waals surface area contributed by atoms with E-state index in [1.165, 1.54) is 18.1 Å². The normalized spacial score (nSPS) is 20.9. The molecule has 1 aromatic carbocycles. The van der Waals surface area contributed by atoms with Crippen molar-refractivity contribution in [2.75, 3.05) is 19.4 Å². The molecular weight excluding hydrogens is 359 g/mol. The molecule has 2 rings (SSSR count). The number of amides is 1. The van der Waals surface area contributed by atoms with Crippen LogP contribution >= 0.6 is 7.49 Å². The molecule has 1 fully saturated rings. The van der Waals surface area contributed by atoms with Crippen LogP contribution in [0.25, 0.3) is 0 Å². The van der Waals surface area contributed by atoms with Crippen LogP contribution in [0.1, 0.15) is 33.6 Å². The van der Waals surface area contributed by atoms with Gasteiger partial charge in [0.05, 0.1) is 0 Å². The van der Waals surface area contributed by atoms with E-state index in [-0.39, 0.29) is 17.5 Å². The Morgan fingerprint density at radius 2 is 1.92 bits per heavy atom. The molecule has 0 atom stereocenters. The van der Waals surface area contributed by atoms with Gasteiger partial charge in [-0.15, -0.1) is 0 Å². The first kappa shape index (κ1) is 20.4. The quantitative estimate of drug-likeness (QED) is 0.467. The summed E-state index contributed by atoms with van der Waals surface area (Å²) >= 11 is 0. The molecule has 0 spiro atoms. The first-order chi connectivity index (χ1) is 12.0. The van der Waals surface area contributed by atoms with Crippen molar-refractivity contribution in [1.29, 1.82) is 0 Å². The Morgan fingerprint density at radius 1 is 1.35 bits per heavy atom. The summed E-state index contributed by atoms with van der Waals surface area (Å²) < 4.78 is 5.10. The summed E-state index contributed by atoms with van der Waals surface area (Å²) in [5.74, 6) is 0.136. The van der Waals surface area contributed by atoms with Gasteiger partial charge in [0, 0.05) is 0 Å². The van der Waals surface area contributed by atoms with Gasteiger partial charge in [0.15, 0.2) is 0 Å². The Bertz CT molecular complexity index is 695. The van der Waals surface area contributed by atoms with Gasteiger partial charge in [-0.1, -0.05) is 0 Å². The summed E-state index contributed by atoms with van der Waals surface area (Å²) in [7, 11) is -1.46. The minimum absolute atomic E-state index is 0.132. The molecule has 0 bridgehead atoms. The fraction of sp³-hybridized carbons (Fsp3) is 0.588. The summed E-state index contributed by atoms with van der Waals surface area (Å²) in [6, 6.07) is 4.39. The van der Waals surface area contributed by atoms with Crippen LogP contribution < -0.4 is 10.0 Å². The number of carboxylic acid groups (broad SMARTS) is 1. The topological polar surface area (TPSA) is 113 Å². The third-order valence-corrected chi connectivity index (χ3v) is 8.61. The monoisotopic (exact) mass is 386 g/mol. The number of methoxy groups -OCH3 is 1. The second-order valence-corrected chi connectivity index (χ2v) is 11.4. The molecular formula is C17H27N2O6P. The number of nitro groups is 1. The van der Waals surface area contributed by atoms with Crippen LogP contribution in [-0.2, 0) is 0 Å². The van der Waals surface area contributed by atoms with Crippen molar-refractivity contribution >= 4 is 24.6 Å². The van der Waals surface area contributed by atoms with E-state index in [1.54, 1.807) is 12.1 Å². The van der Waals surface area contributed by atoms with Crippen molar-refractivity contribution in [2.24, 2.45) is 0 Å². The van der Waals surface area contributed by atoms with Crippen molar-refractivity contribution in [3.63, 3.8) is 0 Å². The number of nitrogens with zero attached hydrogens (tertiary/aromatic N) is 2. The predicted octanol–water partition coefficient (Wildman–Crippen LogP) is 2.83. The van der Waals surface area contributed by atoms with E-state index in [1.807, 2.05) is 20.8 Å². The van der Waals surface area contributed by atoms with Crippen molar-refractivity contribution < 1.29 is 24.5 Å². The Morgan fingerprint density at radius 3 is 2.35 bits per heavy atom. The third kappa shape index (κ3) is 4.07. The Hall–Kier alpha value is -1.92. The number of rotatable bonds is 4. The zero-order valence-electron chi connectivity index (χ0n) is 15.6. The molecule has 1 aromatic rings. The van der Waals surface area contributed by atoms with Gasteiger partial charge >= 0.3 is 153 Å². The molecule has 1 saturated heterocycles. The van der Waals surface area contributed by atoms with Crippen LogP contribution in [0.15, 0.2) is 18.2 Å². The number of carbonyl (C=O) groups is 1. The summed E-state index contributed by atoms with van der Waals surface area (Å²) in [5.41, 5.74) is -0.642. The molecule has 0 aromatic heterocycles. The number of hydrogen-bond acceptors (Lipinski definition) is 5. The summed E-state index contributed by atoms with van der Waals surface area (Å²) in [5, 5.41) is 21.3. The first-order valence-corrected chi connectivity index (χ1v) is 10.9. The molecule has 1 aliphatic rings. The molecule has 1 aliphatic heterocycles. The van der Waals surface area contributed by atoms with Crippen LogP contribution in [0.3, 0.4) is 0 Å². The van der Waals surface area contributed by atoms with Gasteiger partial charge in [-0.05, 0) is 0 Å². The maximum atomic E-state index is 11.7. The molecule has 2 N–H and O–H groups in total. The number of ether oxygens (including phenoxy) is 1. The van der Waals surface area contributed by atoms with Crippen molar-refractivity contribution in [1.82, 2.24) is 4.90 Å². The number of nitro benzene ring substituents is 1. The fourth-order valence-electron chi connectivity index (χ4n) is 3.74. The van der Waals surface area contributed by atoms with Gasteiger partial charge in [0.1, 0.15) is 0 Å². The van der Waals surface area contributed by atoms with Crippen molar-refractivity contribution in [3.8, 4) is 5.75 Å². The average Bonchev–Trinajstić information content (AvgIpc) is 2.54. The second-order valence-electron chi connectivity index (χ2n) is 7.73. The zero-order chi connectivity index (χ0) is 19.7. The SMILES string of the molecule is COc1cc([PH]2(O)CCC(N(C(=O)O)C(C)(C)C)CC2)ccc1[N+](=O)[O-]. The summed E-state index contributed by atoms with van der Waals surface area (Å²) in [4.78, 5) is 34.8. The minimum atomic E-state index is -2.82.